The van der Waals surface area contributed by atoms with Crippen LogP contribution in [-0.4, -0.2) is 75.4 Å². The summed E-state index contributed by atoms with van der Waals surface area (Å²) in [7, 11) is 0. The molecule has 0 bridgehead atoms. The molecule has 0 spiro atoms. The van der Waals surface area contributed by atoms with Gasteiger partial charge in [-0.15, -0.1) is 0 Å². The van der Waals surface area contributed by atoms with Crippen molar-refractivity contribution >= 4 is 17.5 Å². The zero-order valence-electron chi connectivity index (χ0n) is 20.1. The van der Waals surface area contributed by atoms with E-state index in [2.05, 4.69) is 20.4 Å². The summed E-state index contributed by atoms with van der Waals surface area (Å²) in [4.78, 5) is 35.6. The monoisotopic (exact) mass is 549 g/mol. The summed E-state index contributed by atoms with van der Waals surface area (Å²) >= 11 is 0. The van der Waals surface area contributed by atoms with Crippen LogP contribution in [0.3, 0.4) is 0 Å². The molecule has 0 saturated carbocycles. The number of anilines is 2. The fourth-order valence-corrected chi connectivity index (χ4v) is 4.56. The predicted molar refractivity (Wildman–Crippen MR) is 121 cm³/mol. The number of carbonyl (C=O) groups excluding carboxylic acids is 1. The van der Waals surface area contributed by atoms with Gasteiger partial charge in [-0.25, -0.2) is 15.1 Å². The lowest BCUT2D eigenvalue weighted by atomic mass is 10.0. The van der Waals surface area contributed by atoms with Crippen LogP contribution in [0, 0.1) is 0 Å². The minimum atomic E-state index is -4.88. The Bertz CT molecular complexity index is 1180. The molecule has 2 fully saturated rings. The van der Waals surface area contributed by atoms with Crippen LogP contribution < -0.4 is 15.8 Å². The van der Waals surface area contributed by atoms with E-state index in [1.807, 2.05) is 0 Å². The summed E-state index contributed by atoms with van der Waals surface area (Å²) in [6.07, 6.45) is -6.26. The topological polar surface area (TPSA) is 116 Å². The number of carbonyl (C=O) groups is 1. The number of aromatic nitrogens is 4. The maximum Gasteiger partial charge on any atom is 0.423 e. The zero-order valence-corrected chi connectivity index (χ0v) is 20.1. The third-order valence-electron chi connectivity index (χ3n) is 6.43. The number of H-pyrrole nitrogens is 1. The molecule has 2 aromatic heterocycles. The minimum absolute atomic E-state index is 0.0853. The van der Waals surface area contributed by atoms with Crippen LogP contribution in [0.4, 0.5) is 38.0 Å². The molecule has 208 valence electrons. The highest BCUT2D eigenvalue weighted by atomic mass is 19.4. The number of nitrogens with one attached hydrogen (secondary N) is 2. The summed E-state index contributed by atoms with van der Waals surface area (Å²) in [5.74, 6) is -0.0357. The molecule has 2 N–H and O–H groups in total. The highest BCUT2D eigenvalue weighted by molar-refractivity contribution is 5.83. The fraction of sp³-hybridized carbons (Fsp3) is 0.591. The lowest BCUT2D eigenvalue weighted by molar-refractivity contribution is -0.139. The van der Waals surface area contributed by atoms with Crippen molar-refractivity contribution in [3.8, 4) is 0 Å². The molecule has 2 aliphatic heterocycles. The highest BCUT2D eigenvalue weighted by Crippen LogP contribution is 2.32. The number of amides is 1. The third-order valence-corrected chi connectivity index (χ3v) is 6.43. The standard InChI is InChI=1S/C22H25F6N7O3/c1-12(32-15-10-31-33-18(36)17(15)22(26,27)28)11-38-16-4-7-35(19(16)37)14-2-5-34(6-3-14)20-29-8-13(9-30-20)21(23,24)25/h8-10,12,14,16H,2-7,11H2,1H3,(H2,32,33,36)/t12-,16-/m0/s1. The van der Waals surface area contributed by atoms with Gasteiger partial charge in [-0.2, -0.15) is 31.4 Å². The second-order valence-corrected chi connectivity index (χ2v) is 9.16. The minimum Gasteiger partial charge on any atom is -0.378 e. The van der Waals surface area contributed by atoms with Crippen LogP contribution in [0.15, 0.2) is 23.4 Å². The lowest BCUT2D eigenvalue weighted by Gasteiger charge is -2.36. The number of halogens is 6. The van der Waals surface area contributed by atoms with Crippen molar-refractivity contribution in [1.82, 2.24) is 25.1 Å². The Kier molecular flexibility index (Phi) is 7.80. The van der Waals surface area contributed by atoms with Gasteiger partial charge >= 0.3 is 12.4 Å². The van der Waals surface area contributed by atoms with E-state index in [-0.39, 0.29) is 24.5 Å². The van der Waals surface area contributed by atoms with Crippen LogP contribution in [0.25, 0.3) is 0 Å². The SMILES string of the molecule is C[C@@H](CO[C@H]1CCN(C2CCN(c3ncc(C(F)(F)F)cn3)CC2)C1=O)Nc1cn[nH]c(=O)c1C(F)(F)F. The number of ether oxygens (including phenoxy) is 1. The van der Waals surface area contributed by atoms with Crippen LogP contribution >= 0.6 is 0 Å². The van der Waals surface area contributed by atoms with Gasteiger partial charge in [0.1, 0.15) is 11.7 Å². The van der Waals surface area contributed by atoms with Gasteiger partial charge in [-0.05, 0) is 19.8 Å². The molecule has 16 heteroatoms. The van der Waals surface area contributed by atoms with Crippen LogP contribution in [0.2, 0.25) is 0 Å². The van der Waals surface area contributed by atoms with Crippen molar-refractivity contribution in [1.29, 1.82) is 0 Å². The van der Waals surface area contributed by atoms with Crippen molar-refractivity contribution < 1.29 is 35.9 Å². The molecule has 2 atom stereocenters. The summed E-state index contributed by atoms with van der Waals surface area (Å²) in [5, 5.41) is 7.73. The maximum absolute atomic E-state index is 13.2. The van der Waals surface area contributed by atoms with Gasteiger partial charge in [-0.1, -0.05) is 0 Å². The normalized spacial score (nSPS) is 20.2. The maximum atomic E-state index is 13.2. The first kappa shape index (κ1) is 27.6. The van der Waals surface area contributed by atoms with Crippen molar-refractivity contribution in [3.05, 3.63) is 40.1 Å². The number of hydrogen-bond donors (Lipinski definition) is 2. The van der Waals surface area contributed by atoms with E-state index in [1.165, 1.54) is 0 Å². The number of rotatable bonds is 7. The highest BCUT2D eigenvalue weighted by Gasteiger charge is 2.40. The molecule has 0 aromatic carbocycles. The number of nitrogens with zero attached hydrogens (tertiary/aromatic N) is 5. The quantitative estimate of drug-likeness (QED) is 0.507. The molecular formula is C22H25F6N7O3. The zero-order chi connectivity index (χ0) is 27.7. The number of aromatic amines is 1. The molecule has 38 heavy (non-hydrogen) atoms. The molecule has 0 unspecified atom stereocenters. The second-order valence-electron chi connectivity index (χ2n) is 9.16. The van der Waals surface area contributed by atoms with Crippen molar-refractivity contribution in [2.24, 2.45) is 0 Å². The lowest BCUT2D eigenvalue weighted by Crippen LogP contribution is -2.47. The Hall–Kier alpha value is -3.43. The van der Waals surface area contributed by atoms with Gasteiger partial charge in [0, 0.05) is 50.5 Å². The molecule has 4 heterocycles. The van der Waals surface area contributed by atoms with Crippen LogP contribution in [-0.2, 0) is 21.9 Å². The molecule has 1 amide bonds. The first-order chi connectivity index (χ1) is 17.8. The Balaban J connectivity index is 1.27. The molecule has 0 aliphatic carbocycles. The second kappa shape index (κ2) is 10.7. The number of alkyl halides is 6. The van der Waals surface area contributed by atoms with E-state index in [0.29, 0.717) is 38.9 Å². The number of likely N-dealkylation sites (tertiary alicyclic amines) is 1. The average molecular weight is 549 g/mol. The first-order valence-electron chi connectivity index (χ1n) is 11.8. The Morgan fingerprint density at radius 2 is 1.68 bits per heavy atom. The van der Waals surface area contributed by atoms with Crippen molar-refractivity contribution in [2.45, 2.75) is 56.7 Å². The van der Waals surface area contributed by atoms with Gasteiger partial charge in [0.25, 0.3) is 11.5 Å². The Morgan fingerprint density at radius 3 is 2.29 bits per heavy atom. The van der Waals surface area contributed by atoms with Crippen LogP contribution in [0.5, 0.6) is 0 Å². The fourth-order valence-electron chi connectivity index (χ4n) is 4.56. The van der Waals surface area contributed by atoms with Crippen LogP contribution in [0.1, 0.15) is 37.3 Å². The molecule has 2 aliphatic rings. The van der Waals surface area contributed by atoms with Gasteiger partial charge < -0.3 is 19.9 Å². The predicted octanol–water partition coefficient (Wildman–Crippen LogP) is 2.68. The Labute approximate surface area is 212 Å². The average Bonchev–Trinajstić information content (AvgIpc) is 3.21. The molecule has 0 radical (unpaired) electrons. The summed E-state index contributed by atoms with van der Waals surface area (Å²) < 4.78 is 83.5. The molecular weight excluding hydrogens is 524 g/mol. The van der Waals surface area contributed by atoms with E-state index in [4.69, 9.17) is 4.74 Å². The van der Waals surface area contributed by atoms with Gasteiger partial charge in [0.2, 0.25) is 5.95 Å². The summed E-state index contributed by atoms with van der Waals surface area (Å²) in [6, 6.07) is -0.748. The van der Waals surface area contributed by atoms with E-state index in [1.54, 1.807) is 21.8 Å². The molecule has 2 saturated heterocycles. The van der Waals surface area contributed by atoms with Gasteiger partial charge in [0.15, 0.2) is 0 Å². The smallest absolute Gasteiger partial charge is 0.378 e. The number of hydrogen-bond acceptors (Lipinski definition) is 8. The Morgan fingerprint density at radius 1 is 1.03 bits per heavy atom. The van der Waals surface area contributed by atoms with Gasteiger partial charge in [-0.3, -0.25) is 9.59 Å². The largest absolute Gasteiger partial charge is 0.423 e. The van der Waals surface area contributed by atoms with E-state index in [9.17, 15) is 35.9 Å². The van der Waals surface area contributed by atoms with Crippen molar-refractivity contribution in [3.63, 3.8) is 0 Å². The molecule has 10 nitrogen and oxygen atoms in total. The first-order valence-corrected chi connectivity index (χ1v) is 11.8. The van der Waals surface area contributed by atoms with Crippen molar-refractivity contribution in [2.75, 3.05) is 36.5 Å². The van der Waals surface area contributed by atoms with Gasteiger partial charge in [0.05, 0.1) is 24.1 Å². The van der Waals surface area contributed by atoms with E-state index >= 15 is 0 Å². The summed E-state index contributed by atoms with van der Waals surface area (Å²) in [6.45, 7) is 2.83. The third kappa shape index (κ3) is 6.16. The molecule has 4 rings (SSSR count). The van der Waals surface area contributed by atoms with E-state index in [0.717, 1.165) is 18.6 Å². The van der Waals surface area contributed by atoms with E-state index < -0.39 is 46.9 Å². The number of piperidine rings is 1. The molecule has 2 aromatic rings. The summed E-state index contributed by atoms with van der Waals surface area (Å²) in [5.41, 5.74) is -4.17.